The first-order valence-electron chi connectivity index (χ1n) is 8.24. The molecule has 0 spiro atoms. The van der Waals surface area contributed by atoms with Crippen LogP contribution in [0.4, 0.5) is 17.3 Å². The molecule has 0 saturated carbocycles. The predicted molar refractivity (Wildman–Crippen MR) is 95.7 cm³/mol. The zero-order valence-corrected chi connectivity index (χ0v) is 14.4. The molecule has 24 heavy (non-hydrogen) atoms. The van der Waals surface area contributed by atoms with E-state index in [4.69, 9.17) is 4.74 Å². The van der Waals surface area contributed by atoms with Crippen LogP contribution in [0.3, 0.4) is 0 Å². The quantitative estimate of drug-likeness (QED) is 0.762. The number of ether oxygens (including phenoxy) is 1. The van der Waals surface area contributed by atoms with Crippen molar-refractivity contribution in [2.75, 3.05) is 10.6 Å². The standard InChI is InChI=1S/C18H24N4O2/c1-4-5-6-18(23)20-17-12-11-16(21-22-17)19-14-7-9-15(10-8-14)24-13(2)3/h7-13H,4-6H2,1-3H3,(H,19,21)(H,20,22,23). The molecule has 0 atom stereocenters. The van der Waals surface area contributed by atoms with Crippen LogP contribution >= 0.6 is 0 Å². The van der Waals surface area contributed by atoms with Crippen LogP contribution < -0.4 is 15.4 Å². The number of benzene rings is 1. The smallest absolute Gasteiger partial charge is 0.225 e. The van der Waals surface area contributed by atoms with Crippen LogP contribution in [-0.4, -0.2) is 22.2 Å². The third kappa shape index (κ3) is 5.87. The second kappa shape index (κ2) is 8.86. The highest BCUT2D eigenvalue weighted by Crippen LogP contribution is 2.20. The molecule has 128 valence electrons. The van der Waals surface area contributed by atoms with Crippen LogP contribution in [-0.2, 0) is 4.79 Å². The van der Waals surface area contributed by atoms with Gasteiger partial charge >= 0.3 is 0 Å². The van der Waals surface area contributed by atoms with Crippen molar-refractivity contribution < 1.29 is 9.53 Å². The molecule has 6 heteroatoms. The van der Waals surface area contributed by atoms with Gasteiger partial charge < -0.3 is 15.4 Å². The van der Waals surface area contributed by atoms with Gasteiger partial charge in [0.05, 0.1) is 6.10 Å². The summed E-state index contributed by atoms with van der Waals surface area (Å²) in [4.78, 5) is 11.6. The van der Waals surface area contributed by atoms with Crippen LogP contribution in [0.5, 0.6) is 5.75 Å². The van der Waals surface area contributed by atoms with Gasteiger partial charge in [-0.1, -0.05) is 13.3 Å². The summed E-state index contributed by atoms with van der Waals surface area (Å²) in [6, 6.07) is 11.1. The topological polar surface area (TPSA) is 76.1 Å². The third-order valence-electron chi connectivity index (χ3n) is 3.19. The zero-order chi connectivity index (χ0) is 17.4. The van der Waals surface area contributed by atoms with Gasteiger partial charge in [-0.25, -0.2) is 0 Å². The monoisotopic (exact) mass is 328 g/mol. The van der Waals surface area contributed by atoms with E-state index in [-0.39, 0.29) is 12.0 Å². The normalized spacial score (nSPS) is 10.5. The van der Waals surface area contributed by atoms with E-state index in [1.54, 1.807) is 12.1 Å². The maximum Gasteiger partial charge on any atom is 0.225 e. The lowest BCUT2D eigenvalue weighted by Crippen LogP contribution is -2.12. The summed E-state index contributed by atoms with van der Waals surface area (Å²) in [6.45, 7) is 6.03. The third-order valence-corrected chi connectivity index (χ3v) is 3.19. The van der Waals surface area contributed by atoms with E-state index in [0.29, 0.717) is 18.1 Å². The van der Waals surface area contributed by atoms with Gasteiger partial charge in [-0.05, 0) is 56.7 Å². The van der Waals surface area contributed by atoms with Crippen molar-refractivity contribution in [1.82, 2.24) is 10.2 Å². The number of carbonyl (C=O) groups excluding carboxylic acids is 1. The SMILES string of the molecule is CCCCC(=O)Nc1ccc(Nc2ccc(OC(C)C)cc2)nn1. The second-order valence-electron chi connectivity index (χ2n) is 5.77. The van der Waals surface area contributed by atoms with Crippen LogP contribution in [0, 0.1) is 0 Å². The fourth-order valence-electron chi connectivity index (χ4n) is 2.05. The molecule has 1 aromatic heterocycles. The summed E-state index contributed by atoms with van der Waals surface area (Å²) in [5.41, 5.74) is 0.889. The minimum absolute atomic E-state index is 0.0346. The van der Waals surface area contributed by atoms with Gasteiger partial charge in [0.15, 0.2) is 11.6 Å². The van der Waals surface area contributed by atoms with E-state index < -0.39 is 0 Å². The molecule has 0 unspecified atom stereocenters. The Morgan fingerprint density at radius 1 is 1.08 bits per heavy atom. The van der Waals surface area contributed by atoms with Gasteiger partial charge in [0.25, 0.3) is 0 Å². The summed E-state index contributed by atoms with van der Waals surface area (Å²) in [6.07, 6.45) is 2.51. The van der Waals surface area contributed by atoms with Crippen LogP contribution in [0.2, 0.25) is 0 Å². The van der Waals surface area contributed by atoms with Gasteiger partial charge in [0.2, 0.25) is 5.91 Å². The number of aromatic nitrogens is 2. The summed E-state index contributed by atoms with van der Waals surface area (Å²) in [5.74, 6) is 1.86. The number of hydrogen-bond acceptors (Lipinski definition) is 5. The highest BCUT2D eigenvalue weighted by molar-refractivity contribution is 5.89. The maximum absolute atomic E-state index is 11.6. The molecule has 6 nitrogen and oxygen atoms in total. The predicted octanol–water partition coefficient (Wildman–Crippen LogP) is 4.14. The van der Waals surface area contributed by atoms with Gasteiger partial charge in [0.1, 0.15) is 5.75 Å². The van der Waals surface area contributed by atoms with Crippen molar-refractivity contribution in [3.8, 4) is 5.75 Å². The number of hydrogen-bond donors (Lipinski definition) is 2. The van der Waals surface area contributed by atoms with E-state index in [9.17, 15) is 4.79 Å². The average molecular weight is 328 g/mol. The zero-order valence-electron chi connectivity index (χ0n) is 14.4. The number of rotatable bonds is 8. The van der Waals surface area contributed by atoms with Crippen LogP contribution in [0.1, 0.15) is 40.0 Å². The first-order chi connectivity index (χ1) is 11.6. The highest BCUT2D eigenvalue weighted by atomic mass is 16.5. The lowest BCUT2D eigenvalue weighted by Gasteiger charge is -2.11. The van der Waals surface area contributed by atoms with E-state index in [2.05, 4.69) is 27.8 Å². The minimum Gasteiger partial charge on any atom is -0.491 e. The Balaban J connectivity index is 1.90. The van der Waals surface area contributed by atoms with Crippen molar-refractivity contribution in [3.05, 3.63) is 36.4 Å². The molecule has 1 amide bonds. The molecule has 0 aliphatic rings. The molecule has 0 saturated heterocycles. The minimum atomic E-state index is -0.0346. The fourth-order valence-corrected chi connectivity index (χ4v) is 2.05. The van der Waals surface area contributed by atoms with Crippen molar-refractivity contribution in [2.45, 2.75) is 46.1 Å². The fraction of sp³-hybridized carbons (Fsp3) is 0.389. The molecule has 2 rings (SSSR count). The molecule has 2 N–H and O–H groups in total. The first kappa shape index (κ1) is 17.7. The second-order valence-corrected chi connectivity index (χ2v) is 5.77. The van der Waals surface area contributed by atoms with Gasteiger partial charge in [-0.3, -0.25) is 4.79 Å². The maximum atomic E-state index is 11.6. The number of unbranched alkanes of at least 4 members (excludes halogenated alkanes) is 1. The summed E-state index contributed by atoms with van der Waals surface area (Å²) < 4.78 is 5.60. The molecule has 2 aromatic rings. The molecular weight excluding hydrogens is 304 g/mol. The highest BCUT2D eigenvalue weighted by Gasteiger charge is 2.04. The number of amides is 1. The number of nitrogens with zero attached hydrogens (tertiary/aromatic N) is 2. The van der Waals surface area contributed by atoms with Crippen LogP contribution in [0.15, 0.2) is 36.4 Å². The van der Waals surface area contributed by atoms with E-state index >= 15 is 0 Å². The molecular formula is C18H24N4O2. The van der Waals surface area contributed by atoms with Crippen molar-refractivity contribution in [1.29, 1.82) is 0 Å². The first-order valence-corrected chi connectivity index (χ1v) is 8.24. The molecule has 1 aromatic carbocycles. The largest absolute Gasteiger partial charge is 0.491 e. The number of nitrogens with one attached hydrogen (secondary N) is 2. The average Bonchev–Trinajstić information content (AvgIpc) is 2.56. The Hall–Kier alpha value is -2.63. The summed E-state index contributed by atoms with van der Waals surface area (Å²) in [7, 11) is 0. The van der Waals surface area contributed by atoms with Gasteiger partial charge in [-0.15, -0.1) is 10.2 Å². The Morgan fingerprint density at radius 3 is 2.33 bits per heavy atom. The molecule has 1 heterocycles. The molecule has 0 aliphatic carbocycles. The Labute approximate surface area is 142 Å². The number of anilines is 3. The molecule has 0 fully saturated rings. The Morgan fingerprint density at radius 2 is 1.75 bits per heavy atom. The van der Waals surface area contributed by atoms with E-state index in [1.807, 2.05) is 38.1 Å². The van der Waals surface area contributed by atoms with Crippen molar-refractivity contribution in [2.24, 2.45) is 0 Å². The lowest BCUT2D eigenvalue weighted by atomic mass is 10.2. The molecule has 0 radical (unpaired) electrons. The van der Waals surface area contributed by atoms with Gasteiger partial charge in [-0.2, -0.15) is 0 Å². The molecule has 0 aliphatic heterocycles. The molecule has 0 bridgehead atoms. The summed E-state index contributed by atoms with van der Waals surface area (Å²) >= 11 is 0. The van der Waals surface area contributed by atoms with Crippen molar-refractivity contribution >= 4 is 23.2 Å². The lowest BCUT2D eigenvalue weighted by molar-refractivity contribution is -0.116. The van der Waals surface area contributed by atoms with E-state index in [0.717, 1.165) is 24.3 Å². The Kier molecular flexibility index (Phi) is 6.54. The van der Waals surface area contributed by atoms with Gasteiger partial charge in [0, 0.05) is 12.1 Å². The van der Waals surface area contributed by atoms with Crippen LogP contribution in [0.25, 0.3) is 0 Å². The number of carbonyl (C=O) groups is 1. The van der Waals surface area contributed by atoms with E-state index in [1.165, 1.54) is 0 Å². The summed E-state index contributed by atoms with van der Waals surface area (Å²) in [5, 5.41) is 14.0. The van der Waals surface area contributed by atoms with Crippen molar-refractivity contribution in [3.63, 3.8) is 0 Å². The Bertz CT molecular complexity index is 639.